The van der Waals surface area contributed by atoms with Crippen molar-refractivity contribution in [3.63, 3.8) is 0 Å². The molecule has 0 amide bonds. The molecule has 0 radical (unpaired) electrons. The Morgan fingerprint density at radius 1 is 0.875 bits per heavy atom. The van der Waals surface area contributed by atoms with E-state index >= 15 is 0 Å². The van der Waals surface area contributed by atoms with Gasteiger partial charge in [-0.05, 0) is 10.8 Å². The van der Waals surface area contributed by atoms with Gasteiger partial charge >= 0.3 is 0 Å². The van der Waals surface area contributed by atoms with Crippen molar-refractivity contribution in [2.45, 2.75) is 0 Å². The molecule has 0 aliphatic heterocycles. The second-order valence-corrected chi connectivity index (χ2v) is 2.51. The molecule has 8 heavy (non-hydrogen) atoms. The molecule has 46 valence electrons. The fourth-order valence-electron chi connectivity index (χ4n) is 0.132. The lowest BCUT2D eigenvalue weighted by Gasteiger charge is -1.91. The third kappa shape index (κ3) is 3.02. The summed E-state index contributed by atoms with van der Waals surface area (Å²) < 4.78 is 0. The monoisotopic (exact) mass is 182 g/mol. The minimum Gasteiger partial charge on any atom is -0.150 e. The van der Waals surface area contributed by atoms with Gasteiger partial charge in [-0.3, -0.25) is 0 Å². The summed E-state index contributed by atoms with van der Waals surface area (Å²) in [5.74, 6) is 0. The zero-order chi connectivity index (χ0) is 6.57. The molecule has 0 saturated carbocycles. The lowest BCUT2D eigenvalue weighted by Crippen LogP contribution is -1.65. The highest BCUT2D eigenvalue weighted by atomic mass is 32.1. The molecule has 0 aliphatic rings. The molecule has 0 N–H and O–H groups in total. The van der Waals surface area contributed by atoms with Crippen LogP contribution < -0.4 is 0 Å². The fourth-order valence-corrected chi connectivity index (χ4v) is 0.743. The van der Waals surface area contributed by atoms with Gasteiger partial charge in [-0.2, -0.15) is 25.3 Å². The van der Waals surface area contributed by atoms with Crippen molar-refractivity contribution in [2.24, 2.45) is 0 Å². The van der Waals surface area contributed by atoms with Crippen LogP contribution >= 0.6 is 50.5 Å². The van der Waals surface area contributed by atoms with E-state index < -0.39 is 0 Å². The van der Waals surface area contributed by atoms with Crippen molar-refractivity contribution in [2.75, 3.05) is 0 Å². The van der Waals surface area contributed by atoms with E-state index in [0.29, 0.717) is 9.81 Å². The predicted octanol–water partition coefficient (Wildman–Crippen LogP) is 2.39. The Labute approximate surface area is 71.1 Å². The van der Waals surface area contributed by atoms with Crippen LogP contribution in [0.5, 0.6) is 0 Å². The molecule has 0 unspecified atom stereocenters. The lowest BCUT2D eigenvalue weighted by atomic mass is 10.6. The summed E-state index contributed by atoms with van der Waals surface area (Å²) in [5.41, 5.74) is 0. The zero-order valence-corrected chi connectivity index (χ0v) is 7.52. The van der Waals surface area contributed by atoms with Crippen LogP contribution in [0, 0.1) is 0 Å². The summed E-state index contributed by atoms with van der Waals surface area (Å²) in [4.78, 5) is 1.43. The van der Waals surface area contributed by atoms with Crippen LogP contribution in [0.1, 0.15) is 0 Å². The van der Waals surface area contributed by atoms with Gasteiger partial charge in [0.2, 0.25) is 0 Å². The summed E-state index contributed by atoms with van der Waals surface area (Å²) in [6.45, 7) is 0. The molecule has 0 nitrogen and oxygen atoms in total. The average molecular weight is 182 g/mol. The Morgan fingerprint density at radius 2 is 1.12 bits per heavy atom. The quantitative estimate of drug-likeness (QED) is 0.347. The first-order chi connectivity index (χ1) is 3.72. The molecule has 0 aromatic carbocycles. The zero-order valence-electron chi connectivity index (χ0n) is 3.94. The molecule has 0 rings (SSSR count). The van der Waals surface area contributed by atoms with Gasteiger partial charge in [0, 0.05) is 9.81 Å². The van der Waals surface area contributed by atoms with Crippen LogP contribution in [0.25, 0.3) is 0 Å². The first kappa shape index (κ1) is 8.88. The SMILES string of the molecule is S/C=C(S)/C(S)=C/S. The molecule has 0 aliphatic carbocycles. The minimum absolute atomic E-state index is 0.715. The van der Waals surface area contributed by atoms with E-state index in [1.54, 1.807) is 10.8 Å². The molecule has 4 heteroatoms. The van der Waals surface area contributed by atoms with Gasteiger partial charge in [0.25, 0.3) is 0 Å². The minimum atomic E-state index is 0.715. The lowest BCUT2D eigenvalue weighted by molar-refractivity contribution is 1.97. The highest BCUT2D eigenvalue weighted by Gasteiger charge is 1.88. The number of rotatable bonds is 1. The Hall–Kier alpha value is 0.880. The average Bonchev–Trinajstić information content (AvgIpc) is 1.84. The standard InChI is InChI=1S/C4H6S4/c5-1-3(7)4(8)2-6/h1-2,5-8H/b3-1-,4-2-. The van der Waals surface area contributed by atoms with Crippen molar-refractivity contribution in [1.29, 1.82) is 0 Å². The Kier molecular flexibility index (Phi) is 5.25. The van der Waals surface area contributed by atoms with Gasteiger partial charge in [-0.25, -0.2) is 0 Å². The fraction of sp³-hybridized carbons (Fsp3) is 0. The predicted molar refractivity (Wildman–Crippen MR) is 52.1 cm³/mol. The number of thiol groups is 4. The maximum Gasteiger partial charge on any atom is 0.0240 e. The van der Waals surface area contributed by atoms with E-state index in [-0.39, 0.29) is 0 Å². The largest absolute Gasteiger partial charge is 0.150 e. The Balaban J connectivity index is 4.04. The van der Waals surface area contributed by atoms with Crippen LogP contribution in [-0.4, -0.2) is 0 Å². The molecule has 0 heterocycles. The second kappa shape index (κ2) is 4.73. The molecule has 0 aromatic heterocycles. The van der Waals surface area contributed by atoms with Crippen LogP contribution in [0.2, 0.25) is 0 Å². The van der Waals surface area contributed by atoms with E-state index in [9.17, 15) is 0 Å². The van der Waals surface area contributed by atoms with E-state index in [0.717, 1.165) is 0 Å². The summed E-state index contributed by atoms with van der Waals surface area (Å²) in [7, 11) is 0. The van der Waals surface area contributed by atoms with E-state index in [1.807, 2.05) is 0 Å². The second-order valence-electron chi connectivity index (χ2n) is 1.03. The van der Waals surface area contributed by atoms with E-state index in [2.05, 4.69) is 50.5 Å². The first-order valence-electron chi connectivity index (χ1n) is 1.79. The number of hydrogen-bond donors (Lipinski definition) is 4. The van der Waals surface area contributed by atoms with Crippen LogP contribution in [-0.2, 0) is 0 Å². The van der Waals surface area contributed by atoms with Gasteiger partial charge in [-0.15, -0.1) is 25.3 Å². The topological polar surface area (TPSA) is 0 Å². The van der Waals surface area contributed by atoms with Gasteiger partial charge < -0.3 is 0 Å². The van der Waals surface area contributed by atoms with E-state index in [1.165, 1.54) is 0 Å². The molecular weight excluding hydrogens is 176 g/mol. The van der Waals surface area contributed by atoms with Gasteiger partial charge in [0.05, 0.1) is 0 Å². The summed E-state index contributed by atoms with van der Waals surface area (Å²) in [6.07, 6.45) is 0. The Morgan fingerprint density at radius 3 is 1.25 bits per heavy atom. The highest BCUT2D eigenvalue weighted by Crippen LogP contribution is 2.18. The van der Waals surface area contributed by atoms with Gasteiger partial charge in [0.1, 0.15) is 0 Å². The van der Waals surface area contributed by atoms with Gasteiger partial charge in [-0.1, -0.05) is 0 Å². The molecule has 0 aromatic rings. The van der Waals surface area contributed by atoms with Crippen molar-refractivity contribution in [3.8, 4) is 0 Å². The molecular formula is C4H6S4. The third-order valence-electron chi connectivity index (χ3n) is 0.507. The van der Waals surface area contributed by atoms with Crippen molar-refractivity contribution < 1.29 is 0 Å². The van der Waals surface area contributed by atoms with Crippen molar-refractivity contribution in [1.82, 2.24) is 0 Å². The summed E-state index contributed by atoms with van der Waals surface area (Å²) in [6, 6.07) is 0. The van der Waals surface area contributed by atoms with Crippen LogP contribution in [0.15, 0.2) is 20.6 Å². The maximum atomic E-state index is 4.00. The summed E-state index contributed by atoms with van der Waals surface area (Å²) in [5, 5.41) is 3.11. The normalized spacial score (nSPS) is 14.5. The Bertz CT molecular complexity index is 108. The molecule has 0 atom stereocenters. The molecule has 0 bridgehead atoms. The highest BCUT2D eigenvalue weighted by molar-refractivity contribution is 7.92. The van der Waals surface area contributed by atoms with Crippen molar-refractivity contribution in [3.05, 3.63) is 20.6 Å². The summed E-state index contributed by atoms with van der Waals surface area (Å²) >= 11 is 15.7. The van der Waals surface area contributed by atoms with Gasteiger partial charge in [0.15, 0.2) is 0 Å². The van der Waals surface area contributed by atoms with Crippen molar-refractivity contribution >= 4 is 50.5 Å². The first-order valence-corrected chi connectivity index (χ1v) is 3.72. The smallest absolute Gasteiger partial charge is 0.0240 e. The molecule has 0 spiro atoms. The molecule has 0 fully saturated rings. The number of hydrogen-bond acceptors (Lipinski definition) is 4. The van der Waals surface area contributed by atoms with Crippen LogP contribution in [0.4, 0.5) is 0 Å². The third-order valence-corrected chi connectivity index (χ3v) is 2.35. The maximum absolute atomic E-state index is 4.00. The van der Waals surface area contributed by atoms with Crippen LogP contribution in [0.3, 0.4) is 0 Å². The van der Waals surface area contributed by atoms with E-state index in [4.69, 9.17) is 0 Å². The molecule has 0 saturated heterocycles.